The zero-order valence-corrected chi connectivity index (χ0v) is 12.9. The van der Waals surface area contributed by atoms with Crippen LogP contribution in [0.1, 0.15) is 10.4 Å². The second-order valence-electron chi connectivity index (χ2n) is 4.70. The molecule has 2 aromatic carbocycles. The van der Waals surface area contributed by atoms with Crippen molar-refractivity contribution in [3.63, 3.8) is 0 Å². The van der Waals surface area contributed by atoms with E-state index in [1.165, 1.54) is 24.3 Å². The van der Waals surface area contributed by atoms with Gasteiger partial charge in [0.2, 0.25) is 10.0 Å². The maximum absolute atomic E-state index is 11.9. The highest BCUT2D eigenvalue weighted by Crippen LogP contribution is 2.20. The summed E-state index contributed by atoms with van der Waals surface area (Å²) in [5.41, 5.74) is 0.0772. The molecule has 0 saturated heterocycles. The summed E-state index contributed by atoms with van der Waals surface area (Å²) in [6, 6.07) is 11.4. The maximum Gasteiger partial charge on any atom is 0.251 e. The molecule has 0 aliphatic heterocycles. The van der Waals surface area contributed by atoms with Crippen LogP contribution < -0.4 is 10.0 Å². The minimum Gasteiger partial charge on any atom is -0.508 e. The van der Waals surface area contributed by atoms with Crippen molar-refractivity contribution in [3.8, 4) is 11.5 Å². The summed E-state index contributed by atoms with van der Waals surface area (Å²) in [5.74, 6) is -1.00. The maximum atomic E-state index is 11.9. The largest absolute Gasteiger partial charge is 0.508 e. The van der Waals surface area contributed by atoms with Crippen LogP contribution in [-0.2, 0) is 10.0 Å². The molecule has 1 amide bonds. The molecule has 0 atom stereocenters. The number of phenolic OH excluding ortho intramolecular Hbond substituents is 2. The van der Waals surface area contributed by atoms with Gasteiger partial charge in [-0.15, -0.1) is 0 Å². The third-order valence-electron chi connectivity index (χ3n) is 2.92. The standard InChI is InChI=1S/C15H16N2O5S/c18-12-8-11(9-13(19)10-12)15(20)16-6-7-17-23(21,22)14-4-2-1-3-5-14/h1-5,8-10,17-19H,6-7H2,(H,16,20). The summed E-state index contributed by atoms with van der Waals surface area (Å²) >= 11 is 0. The van der Waals surface area contributed by atoms with Gasteiger partial charge in [-0.05, 0) is 24.3 Å². The van der Waals surface area contributed by atoms with Crippen molar-refractivity contribution in [2.24, 2.45) is 0 Å². The Labute approximate surface area is 133 Å². The molecule has 0 heterocycles. The molecular weight excluding hydrogens is 320 g/mol. The fraction of sp³-hybridized carbons (Fsp3) is 0.133. The predicted octanol–water partition coefficient (Wildman–Crippen LogP) is 0.806. The van der Waals surface area contributed by atoms with E-state index in [4.69, 9.17) is 0 Å². The normalized spacial score (nSPS) is 11.1. The lowest BCUT2D eigenvalue weighted by Crippen LogP contribution is -2.34. The Hall–Kier alpha value is -2.58. The first-order valence-electron chi connectivity index (χ1n) is 6.74. The molecule has 2 aromatic rings. The number of benzene rings is 2. The van der Waals surface area contributed by atoms with E-state index in [0.717, 1.165) is 6.07 Å². The number of sulfonamides is 1. The van der Waals surface area contributed by atoms with Gasteiger partial charge in [-0.25, -0.2) is 13.1 Å². The van der Waals surface area contributed by atoms with Gasteiger partial charge in [-0.3, -0.25) is 4.79 Å². The van der Waals surface area contributed by atoms with Crippen molar-refractivity contribution in [3.05, 3.63) is 54.1 Å². The summed E-state index contributed by atoms with van der Waals surface area (Å²) in [5, 5.41) is 21.1. The molecule has 0 spiro atoms. The molecule has 0 aliphatic rings. The second kappa shape index (κ2) is 7.12. The first kappa shape index (κ1) is 16.8. The molecule has 122 valence electrons. The van der Waals surface area contributed by atoms with Gasteiger partial charge in [0.05, 0.1) is 4.90 Å². The van der Waals surface area contributed by atoms with E-state index in [2.05, 4.69) is 10.0 Å². The molecule has 7 nitrogen and oxygen atoms in total. The zero-order valence-electron chi connectivity index (χ0n) is 12.1. The SMILES string of the molecule is O=C(NCCNS(=O)(=O)c1ccccc1)c1cc(O)cc(O)c1. The third kappa shape index (κ3) is 4.70. The zero-order chi connectivity index (χ0) is 16.9. The Kier molecular flexibility index (Phi) is 5.20. The van der Waals surface area contributed by atoms with Crippen LogP contribution in [0.5, 0.6) is 11.5 Å². The van der Waals surface area contributed by atoms with Crippen LogP contribution in [0.15, 0.2) is 53.4 Å². The van der Waals surface area contributed by atoms with E-state index in [-0.39, 0.29) is 35.0 Å². The van der Waals surface area contributed by atoms with Gasteiger partial charge in [0.1, 0.15) is 11.5 Å². The average Bonchev–Trinajstić information content (AvgIpc) is 2.51. The molecule has 0 unspecified atom stereocenters. The third-order valence-corrected chi connectivity index (χ3v) is 4.40. The number of carbonyl (C=O) groups excluding carboxylic acids is 1. The van der Waals surface area contributed by atoms with Crippen molar-refractivity contribution >= 4 is 15.9 Å². The Morgan fingerprint density at radius 1 is 0.957 bits per heavy atom. The van der Waals surface area contributed by atoms with Crippen molar-refractivity contribution in [2.45, 2.75) is 4.90 Å². The van der Waals surface area contributed by atoms with Crippen molar-refractivity contribution in [1.29, 1.82) is 0 Å². The Morgan fingerprint density at radius 2 is 1.57 bits per heavy atom. The summed E-state index contributed by atoms with van der Waals surface area (Å²) < 4.78 is 26.3. The number of hydrogen-bond donors (Lipinski definition) is 4. The number of rotatable bonds is 6. The minimum atomic E-state index is -3.62. The highest BCUT2D eigenvalue weighted by Gasteiger charge is 2.13. The van der Waals surface area contributed by atoms with Crippen molar-refractivity contribution in [2.75, 3.05) is 13.1 Å². The van der Waals surface area contributed by atoms with Gasteiger partial charge in [0, 0.05) is 24.7 Å². The van der Waals surface area contributed by atoms with E-state index >= 15 is 0 Å². The summed E-state index contributed by atoms with van der Waals surface area (Å²) in [4.78, 5) is 12.0. The second-order valence-corrected chi connectivity index (χ2v) is 6.47. The smallest absolute Gasteiger partial charge is 0.251 e. The molecule has 0 bridgehead atoms. The van der Waals surface area contributed by atoms with E-state index < -0.39 is 15.9 Å². The molecule has 0 radical (unpaired) electrons. The van der Waals surface area contributed by atoms with Crippen LogP contribution in [0.2, 0.25) is 0 Å². The molecule has 0 fully saturated rings. The lowest BCUT2D eigenvalue weighted by molar-refractivity contribution is 0.0953. The lowest BCUT2D eigenvalue weighted by atomic mass is 10.2. The van der Waals surface area contributed by atoms with Crippen LogP contribution >= 0.6 is 0 Å². The van der Waals surface area contributed by atoms with Crippen LogP contribution in [0.4, 0.5) is 0 Å². The molecule has 4 N–H and O–H groups in total. The molecule has 8 heteroatoms. The fourth-order valence-corrected chi connectivity index (χ4v) is 2.93. The Morgan fingerprint density at radius 3 is 2.17 bits per heavy atom. The van der Waals surface area contributed by atoms with Crippen LogP contribution in [0, 0.1) is 0 Å². The number of nitrogens with one attached hydrogen (secondary N) is 2. The average molecular weight is 336 g/mol. The lowest BCUT2D eigenvalue weighted by Gasteiger charge is -2.08. The summed E-state index contributed by atoms with van der Waals surface area (Å²) in [7, 11) is -3.62. The summed E-state index contributed by atoms with van der Waals surface area (Å²) in [6.45, 7) is 0.0646. The number of hydrogen-bond acceptors (Lipinski definition) is 5. The number of carbonyl (C=O) groups is 1. The Balaban J connectivity index is 1.87. The van der Waals surface area contributed by atoms with Gasteiger partial charge >= 0.3 is 0 Å². The molecule has 0 aromatic heterocycles. The van der Waals surface area contributed by atoms with Gasteiger partial charge in [0.15, 0.2) is 0 Å². The highest BCUT2D eigenvalue weighted by molar-refractivity contribution is 7.89. The Bertz CT molecular complexity index is 771. The van der Waals surface area contributed by atoms with Gasteiger partial charge in [-0.1, -0.05) is 18.2 Å². The van der Waals surface area contributed by atoms with Crippen molar-refractivity contribution < 1.29 is 23.4 Å². The highest BCUT2D eigenvalue weighted by atomic mass is 32.2. The van der Waals surface area contributed by atoms with E-state index in [0.29, 0.717) is 0 Å². The number of amides is 1. The van der Waals surface area contributed by atoms with Gasteiger partial charge in [0.25, 0.3) is 5.91 Å². The van der Waals surface area contributed by atoms with Crippen LogP contribution in [0.3, 0.4) is 0 Å². The van der Waals surface area contributed by atoms with Crippen LogP contribution in [0.25, 0.3) is 0 Å². The van der Waals surface area contributed by atoms with Gasteiger partial charge in [-0.2, -0.15) is 0 Å². The fourth-order valence-electron chi connectivity index (χ4n) is 1.87. The van der Waals surface area contributed by atoms with Crippen molar-refractivity contribution in [1.82, 2.24) is 10.0 Å². The molecule has 2 rings (SSSR count). The summed E-state index contributed by atoms with van der Waals surface area (Å²) in [6.07, 6.45) is 0. The van der Waals surface area contributed by atoms with E-state index in [1.54, 1.807) is 18.2 Å². The molecular formula is C15H16N2O5S. The molecule has 0 saturated carbocycles. The molecule has 0 aliphatic carbocycles. The minimum absolute atomic E-state index is 0.00770. The first-order valence-corrected chi connectivity index (χ1v) is 8.23. The van der Waals surface area contributed by atoms with Crippen LogP contribution in [-0.4, -0.2) is 37.6 Å². The monoisotopic (exact) mass is 336 g/mol. The number of phenols is 2. The quantitative estimate of drug-likeness (QED) is 0.583. The first-order chi connectivity index (χ1) is 10.9. The predicted molar refractivity (Wildman–Crippen MR) is 83.7 cm³/mol. The topological polar surface area (TPSA) is 116 Å². The molecule has 23 heavy (non-hydrogen) atoms. The number of aromatic hydroxyl groups is 2. The van der Waals surface area contributed by atoms with E-state index in [9.17, 15) is 23.4 Å². The van der Waals surface area contributed by atoms with E-state index in [1.807, 2.05) is 0 Å². The van der Waals surface area contributed by atoms with Gasteiger partial charge < -0.3 is 15.5 Å².